The van der Waals surface area contributed by atoms with Crippen molar-refractivity contribution in [3.8, 4) is 0 Å². The molecular weight excluding hydrogens is 439 g/mol. The lowest BCUT2D eigenvalue weighted by Gasteiger charge is -2.03. The van der Waals surface area contributed by atoms with Gasteiger partial charge in [-0.3, -0.25) is 0 Å². The monoisotopic (exact) mass is 446 g/mol. The van der Waals surface area contributed by atoms with Crippen LogP contribution in [0.5, 0.6) is 0 Å². The maximum atomic E-state index is 6.18. The molecule has 0 spiro atoms. The molecule has 108 valence electrons. The van der Waals surface area contributed by atoms with Gasteiger partial charge in [0.05, 0.1) is 0 Å². The highest BCUT2D eigenvalue weighted by atomic mass is 79.9. The zero-order chi connectivity index (χ0) is 15.4. The van der Waals surface area contributed by atoms with Gasteiger partial charge in [-0.25, -0.2) is 0 Å². The van der Waals surface area contributed by atoms with Crippen molar-refractivity contribution in [2.75, 3.05) is 0 Å². The van der Waals surface area contributed by atoms with E-state index in [9.17, 15) is 0 Å². The Morgan fingerprint density at radius 1 is 0.857 bits per heavy atom. The van der Waals surface area contributed by atoms with Crippen molar-refractivity contribution in [2.45, 2.75) is 6.92 Å². The van der Waals surface area contributed by atoms with E-state index >= 15 is 0 Å². The molecule has 0 bridgehead atoms. The number of aryl methyl sites for hydroxylation is 1. The minimum Gasteiger partial charge on any atom is -0.136 e. The van der Waals surface area contributed by atoms with Gasteiger partial charge in [0.2, 0.25) is 0 Å². The molecule has 0 unspecified atom stereocenters. The lowest BCUT2D eigenvalue weighted by molar-refractivity contribution is 1.25. The first-order valence-corrected chi connectivity index (χ1v) is 8.30. The average Bonchev–Trinajstić information content (AvgIpc) is 2.45. The van der Waals surface area contributed by atoms with Crippen molar-refractivity contribution in [3.05, 3.63) is 68.1 Å². The summed E-state index contributed by atoms with van der Waals surface area (Å²) in [6.45, 7) is 1.96. The van der Waals surface area contributed by atoms with Crippen LogP contribution in [0.4, 0.5) is 0 Å². The molecule has 0 saturated heterocycles. The highest BCUT2D eigenvalue weighted by Crippen LogP contribution is 2.18. The molecule has 0 heterocycles. The van der Waals surface area contributed by atoms with Crippen LogP contribution in [-0.4, -0.2) is 10.3 Å². The van der Waals surface area contributed by atoms with Gasteiger partial charge in [-0.05, 0) is 36.8 Å². The molecule has 0 N–H and O–H groups in total. The molecule has 0 radical (unpaired) electrons. The second kappa shape index (κ2) is 7.54. The number of nitrogens with zero attached hydrogens (tertiary/aromatic N) is 2. The van der Waals surface area contributed by atoms with Gasteiger partial charge < -0.3 is 0 Å². The molecule has 0 saturated carbocycles. The maximum absolute atomic E-state index is 6.18. The molecule has 0 aromatic heterocycles. The lowest BCUT2D eigenvalue weighted by Crippen LogP contribution is -1.96. The molecule has 2 aromatic rings. The number of benzene rings is 2. The van der Waals surface area contributed by atoms with Crippen LogP contribution in [0.25, 0.3) is 0 Å². The Balaban J connectivity index is 2.26. The summed E-state index contributed by atoms with van der Waals surface area (Å²) in [6, 6.07) is 13.2. The van der Waals surface area contributed by atoms with Gasteiger partial charge in [0.25, 0.3) is 0 Å². The van der Waals surface area contributed by atoms with Crippen LogP contribution in [0, 0.1) is 6.92 Å². The van der Waals surface area contributed by atoms with Crippen molar-refractivity contribution < 1.29 is 0 Å². The van der Waals surface area contributed by atoms with Crippen LogP contribution in [-0.2, 0) is 0 Å². The molecule has 2 nitrogen and oxygen atoms in total. The summed E-state index contributed by atoms with van der Waals surface area (Å²) in [7, 11) is 0. The predicted molar refractivity (Wildman–Crippen MR) is 97.8 cm³/mol. The van der Waals surface area contributed by atoms with Gasteiger partial charge in [-0.15, -0.1) is 10.2 Å². The fourth-order valence-corrected chi connectivity index (χ4v) is 2.80. The van der Waals surface area contributed by atoms with Crippen LogP contribution in [0.1, 0.15) is 16.7 Å². The highest BCUT2D eigenvalue weighted by Gasteiger charge is 2.05. The minimum atomic E-state index is 0.287. The van der Waals surface area contributed by atoms with Gasteiger partial charge in [0.15, 0.2) is 10.3 Å². The molecule has 0 amide bonds. The van der Waals surface area contributed by atoms with E-state index in [0.29, 0.717) is 5.17 Å². The molecule has 0 aliphatic rings. The predicted octanol–water partition coefficient (Wildman–Crippen LogP) is 6.11. The number of halogens is 4. The zero-order valence-electron chi connectivity index (χ0n) is 10.9. The Bertz CT molecular complexity index is 710. The van der Waals surface area contributed by atoms with Crippen LogP contribution in [0.15, 0.2) is 61.6 Å². The van der Waals surface area contributed by atoms with Gasteiger partial charge in [-0.2, -0.15) is 0 Å². The highest BCUT2D eigenvalue weighted by molar-refractivity contribution is 9.10. The molecule has 6 heteroatoms. The van der Waals surface area contributed by atoms with Crippen molar-refractivity contribution >= 4 is 65.4 Å². The summed E-state index contributed by atoms with van der Waals surface area (Å²) in [5.41, 5.74) is 2.61. The maximum Gasteiger partial charge on any atom is 0.159 e. The SMILES string of the molecule is Cc1cc(Br)ccc1C(Cl)=NN=C(Cl)c1ccc(Br)cc1. The minimum absolute atomic E-state index is 0.287. The van der Waals surface area contributed by atoms with Crippen LogP contribution in [0.3, 0.4) is 0 Å². The van der Waals surface area contributed by atoms with Crippen molar-refractivity contribution in [1.29, 1.82) is 0 Å². The Hall–Kier alpha value is -0.680. The van der Waals surface area contributed by atoms with E-state index in [2.05, 4.69) is 42.1 Å². The third-order valence-corrected chi connectivity index (χ3v) is 4.31. The smallest absolute Gasteiger partial charge is 0.136 e. The standard InChI is InChI=1S/C15H10Br2Cl2N2/c1-9-8-12(17)6-7-13(9)15(19)21-20-14(18)10-2-4-11(16)5-3-10/h2-8H,1H3. The van der Waals surface area contributed by atoms with E-state index in [1.165, 1.54) is 0 Å². The van der Waals surface area contributed by atoms with Gasteiger partial charge >= 0.3 is 0 Å². The Labute approximate surface area is 150 Å². The van der Waals surface area contributed by atoms with Gasteiger partial charge in [0, 0.05) is 20.1 Å². The van der Waals surface area contributed by atoms with E-state index in [1.54, 1.807) is 0 Å². The molecule has 0 aliphatic carbocycles. The Morgan fingerprint density at radius 2 is 1.43 bits per heavy atom. The summed E-state index contributed by atoms with van der Waals surface area (Å²) >= 11 is 19.1. The molecule has 2 aromatic carbocycles. The van der Waals surface area contributed by atoms with Crippen LogP contribution >= 0.6 is 55.1 Å². The van der Waals surface area contributed by atoms with Gasteiger partial charge in [0.1, 0.15) is 0 Å². The molecular formula is C15H10Br2Cl2N2. The van der Waals surface area contributed by atoms with Crippen LogP contribution < -0.4 is 0 Å². The number of rotatable bonds is 3. The van der Waals surface area contributed by atoms with Crippen molar-refractivity contribution in [2.24, 2.45) is 10.2 Å². The molecule has 0 fully saturated rings. The summed E-state index contributed by atoms with van der Waals surface area (Å²) in [5.74, 6) is 0. The first-order chi connectivity index (χ1) is 9.97. The normalized spacial score (nSPS) is 12.6. The topological polar surface area (TPSA) is 24.7 Å². The largest absolute Gasteiger partial charge is 0.159 e. The van der Waals surface area contributed by atoms with E-state index in [0.717, 1.165) is 25.6 Å². The fraction of sp³-hybridized carbons (Fsp3) is 0.0667. The Morgan fingerprint density at radius 3 is 2.05 bits per heavy atom. The first kappa shape index (κ1) is 16.7. The zero-order valence-corrected chi connectivity index (χ0v) is 15.6. The van der Waals surface area contributed by atoms with E-state index in [1.807, 2.05) is 49.4 Å². The molecule has 0 aliphatic heterocycles. The summed E-state index contributed by atoms with van der Waals surface area (Å²) in [5, 5.41) is 8.56. The first-order valence-electron chi connectivity index (χ1n) is 5.96. The van der Waals surface area contributed by atoms with Crippen molar-refractivity contribution in [3.63, 3.8) is 0 Å². The second-order valence-corrected chi connectivity index (χ2v) is 6.80. The summed E-state index contributed by atoms with van der Waals surface area (Å²) in [6.07, 6.45) is 0. The average molecular weight is 449 g/mol. The third-order valence-electron chi connectivity index (χ3n) is 2.72. The van der Waals surface area contributed by atoms with E-state index in [4.69, 9.17) is 23.2 Å². The summed E-state index contributed by atoms with van der Waals surface area (Å²) < 4.78 is 1.97. The van der Waals surface area contributed by atoms with Crippen molar-refractivity contribution in [1.82, 2.24) is 0 Å². The Kier molecular flexibility index (Phi) is 5.99. The van der Waals surface area contributed by atoms with Gasteiger partial charge in [-0.1, -0.05) is 73.3 Å². The molecule has 0 atom stereocenters. The number of hydrogen-bond donors (Lipinski definition) is 0. The summed E-state index contributed by atoms with van der Waals surface area (Å²) in [4.78, 5) is 0. The number of hydrogen-bond acceptors (Lipinski definition) is 2. The third kappa shape index (κ3) is 4.65. The fourth-order valence-electron chi connectivity index (χ4n) is 1.65. The second-order valence-electron chi connectivity index (χ2n) is 4.25. The molecule has 2 rings (SSSR count). The molecule has 21 heavy (non-hydrogen) atoms. The van der Waals surface area contributed by atoms with E-state index < -0.39 is 0 Å². The lowest BCUT2D eigenvalue weighted by atomic mass is 10.1. The quantitative estimate of drug-likeness (QED) is 0.400. The van der Waals surface area contributed by atoms with Crippen LogP contribution in [0.2, 0.25) is 0 Å². The van der Waals surface area contributed by atoms with E-state index in [-0.39, 0.29) is 5.17 Å².